The highest BCUT2D eigenvalue weighted by Gasteiger charge is 2.42. The first-order valence-electron chi connectivity index (χ1n) is 6.39. The van der Waals surface area contributed by atoms with Gasteiger partial charge in [0.15, 0.2) is 0 Å². The predicted octanol–water partition coefficient (Wildman–Crippen LogP) is 2.77. The summed E-state index contributed by atoms with van der Waals surface area (Å²) in [6, 6.07) is 7.22. The van der Waals surface area contributed by atoms with E-state index in [1.807, 2.05) is 6.07 Å². The topological polar surface area (TPSA) is 29.3 Å². The van der Waals surface area contributed by atoms with Crippen molar-refractivity contribution in [2.45, 2.75) is 45.3 Å². The van der Waals surface area contributed by atoms with Gasteiger partial charge in [-0.05, 0) is 42.0 Å². The minimum Gasteiger partial charge on any atom is -0.399 e. The Hall–Kier alpha value is -1.02. The van der Waals surface area contributed by atoms with Crippen LogP contribution in [0.5, 0.6) is 0 Å². The number of nitrogen functional groups attached to an aromatic ring is 1. The fraction of sp³-hybridized carbons (Fsp3) is 0.571. The molecule has 2 nitrogen and oxygen atoms in total. The van der Waals surface area contributed by atoms with E-state index in [2.05, 4.69) is 24.0 Å². The van der Waals surface area contributed by atoms with Crippen LogP contribution in [0.15, 0.2) is 18.2 Å². The largest absolute Gasteiger partial charge is 0.399 e. The van der Waals surface area contributed by atoms with Gasteiger partial charge < -0.3 is 5.73 Å². The summed E-state index contributed by atoms with van der Waals surface area (Å²) in [7, 11) is 0. The quantitative estimate of drug-likeness (QED) is 0.787. The predicted molar refractivity (Wildman–Crippen MR) is 66.9 cm³/mol. The molecule has 1 aliphatic carbocycles. The third-order valence-electron chi connectivity index (χ3n) is 3.99. The Morgan fingerprint density at radius 2 is 2.12 bits per heavy atom. The molecule has 0 bridgehead atoms. The maximum atomic E-state index is 5.82. The Balaban J connectivity index is 1.68. The van der Waals surface area contributed by atoms with Crippen LogP contribution in [-0.4, -0.2) is 10.9 Å². The van der Waals surface area contributed by atoms with Crippen molar-refractivity contribution in [3.05, 3.63) is 29.3 Å². The van der Waals surface area contributed by atoms with E-state index in [-0.39, 0.29) is 0 Å². The third-order valence-corrected chi connectivity index (χ3v) is 3.99. The molecule has 1 aliphatic heterocycles. The number of hydrogen-bond acceptors (Lipinski definition) is 2. The highest BCUT2D eigenvalue weighted by atomic mass is 15.2. The molecule has 1 fully saturated rings. The van der Waals surface area contributed by atoms with Gasteiger partial charge in [0, 0.05) is 24.8 Å². The molecule has 1 aromatic rings. The fourth-order valence-corrected chi connectivity index (χ4v) is 3.04. The monoisotopic (exact) mass is 216 g/mol. The summed E-state index contributed by atoms with van der Waals surface area (Å²) in [5.74, 6) is 0.969. The molecule has 0 aromatic heterocycles. The van der Waals surface area contributed by atoms with Crippen LogP contribution in [-0.2, 0) is 13.1 Å². The molecule has 1 heterocycles. The molecular formula is C14H20N2. The van der Waals surface area contributed by atoms with Gasteiger partial charge in [-0.1, -0.05) is 19.4 Å². The van der Waals surface area contributed by atoms with Gasteiger partial charge in [-0.15, -0.1) is 0 Å². The van der Waals surface area contributed by atoms with Gasteiger partial charge in [0.25, 0.3) is 0 Å². The van der Waals surface area contributed by atoms with Crippen molar-refractivity contribution in [1.29, 1.82) is 0 Å². The Kier molecular flexibility index (Phi) is 2.40. The van der Waals surface area contributed by atoms with Gasteiger partial charge in [-0.25, -0.2) is 0 Å². The van der Waals surface area contributed by atoms with Crippen molar-refractivity contribution in [3.63, 3.8) is 0 Å². The smallest absolute Gasteiger partial charge is 0.0317 e. The zero-order valence-electron chi connectivity index (χ0n) is 9.95. The van der Waals surface area contributed by atoms with E-state index in [4.69, 9.17) is 5.73 Å². The maximum absolute atomic E-state index is 5.82. The Labute approximate surface area is 97.4 Å². The van der Waals surface area contributed by atoms with Crippen LogP contribution in [0.4, 0.5) is 5.69 Å². The summed E-state index contributed by atoms with van der Waals surface area (Å²) >= 11 is 0. The molecule has 2 N–H and O–H groups in total. The van der Waals surface area contributed by atoms with Gasteiger partial charge in [-0.3, -0.25) is 4.90 Å². The molecule has 0 radical (unpaired) electrons. The van der Waals surface area contributed by atoms with Crippen molar-refractivity contribution in [1.82, 2.24) is 4.90 Å². The summed E-state index contributed by atoms with van der Waals surface area (Å²) in [4.78, 5) is 2.63. The average Bonchev–Trinajstić information content (AvgIpc) is 2.90. The zero-order chi connectivity index (χ0) is 11.1. The number of rotatable bonds is 3. The number of fused-ring (bicyclic) bond motifs is 1. The van der Waals surface area contributed by atoms with Crippen molar-refractivity contribution in [2.75, 3.05) is 5.73 Å². The maximum Gasteiger partial charge on any atom is 0.0317 e. The second-order valence-electron chi connectivity index (χ2n) is 5.28. The number of benzene rings is 1. The van der Waals surface area contributed by atoms with Crippen LogP contribution in [0.2, 0.25) is 0 Å². The summed E-state index contributed by atoms with van der Waals surface area (Å²) in [5.41, 5.74) is 9.66. The molecule has 2 atom stereocenters. The second-order valence-corrected chi connectivity index (χ2v) is 5.28. The second kappa shape index (κ2) is 3.77. The van der Waals surface area contributed by atoms with Crippen LogP contribution in [0, 0.1) is 5.92 Å². The van der Waals surface area contributed by atoms with Crippen LogP contribution in [0.1, 0.15) is 37.3 Å². The first-order valence-corrected chi connectivity index (χ1v) is 6.39. The highest BCUT2D eigenvalue weighted by Crippen LogP contribution is 2.43. The van der Waals surface area contributed by atoms with Gasteiger partial charge in [-0.2, -0.15) is 0 Å². The molecule has 0 saturated heterocycles. The van der Waals surface area contributed by atoms with Gasteiger partial charge in [0.1, 0.15) is 0 Å². The van der Waals surface area contributed by atoms with Crippen molar-refractivity contribution in [2.24, 2.45) is 5.92 Å². The summed E-state index contributed by atoms with van der Waals surface area (Å²) in [5, 5.41) is 0. The van der Waals surface area contributed by atoms with Crippen LogP contribution in [0.3, 0.4) is 0 Å². The molecule has 0 spiro atoms. The molecule has 2 aliphatic rings. The van der Waals surface area contributed by atoms with Crippen molar-refractivity contribution in [3.8, 4) is 0 Å². The van der Waals surface area contributed by atoms with Crippen molar-refractivity contribution < 1.29 is 0 Å². The Morgan fingerprint density at radius 3 is 2.94 bits per heavy atom. The minimum absolute atomic E-state index is 0.855. The summed E-state index contributed by atoms with van der Waals surface area (Å²) in [6.07, 6.45) is 4.14. The van der Waals surface area contributed by atoms with Crippen LogP contribution in [0.25, 0.3) is 0 Å². The molecule has 1 saturated carbocycles. The van der Waals surface area contributed by atoms with Crippen LogP contribution >= 0.6 is 0 Å². The minimum atomic E-state index is 0.855. The van der Waals surface area contributed by atoms with E-state index in [0.29, 0.717) is 0 Å². The first-order chi connectivity index (χ1) is 7.78. The zero-order valence-corrected chi connectivity index (χ0v) is 9.95. The number of hydrogen-bond donors (Lipinski definition) is 1. The number of nitrogens with two attached hydrogens (primary N) is 1. The summed E-state index contributed by atoms with van der Waals surface area (Å²) < 4.78 is 0. The standard InChI is InChI=1S/C14H20N2/c1-2-3-10-7-14(10)16-8-11-4-5-13(15)6-12(11)9-16/h4-6,10,14H,2-3,7-9,15H2,1H3. The molecule has 2 unspecified atom stereocenters. The molecule has 3 rings (SSSR count). The van der Waals surface area contributed by atoms with Crippen molar-refractivity contribution >= 4 is 5.69 Å². The fourth-order valence-electron chi connectivity index (χ4n) is 3.04. The van der Waals surface area contributed by atoms with Gasteiger partial charge >= 0.3 is 0 Å². The molecule has 2 heteroatoms. The van der Waals surface area contributed by atoms with Gasteiger partial charge in [0.2, 0.25) is 0 Å². The lowest BCUT2D eigenvalue weighted by molar-refractivity contribution is 0.257. The molecule has 16 heavy (non-hydrogen) atoms. The van der Waals surface area contributed by atoms with Crippen LogP contribution < -0.4 is 5.73 Å². The lowest BCUT2D eigenvalue weighted by Gasteiger charge is -2.14. The van der Waals surface area contributed by atoms with E-state index in [0.717, 1.165) is 30.7 Å². The van der Waals surface area contributed by atoms with E-state index in [9.17, 15) is 0 Å². The van der Waals surface area contributed by atoms with E-state index in [1.54, 1.807) is 0 Å². The average molecular weight is 216 g/mol. The van der Waals surface area contributed by atoms with Gasteiger partial charge in [0.05, 0.1) is 0 Å². The molecule has 1 aromatic carbocycles. The van der Waals surface area contributed by atoms with E-state index < -0.39 is 0 Å². The molecule has 0 amide bonds. The lowest BCUT2D eigenvalue weighted by atomic mass is 10.1. The highest BCUT2D eigenvalue weighted by molar-refractivity contribution is 5.46. The van der Waals surface area contributed by atoms with E-state index >= 15 is 0 Å². The number of anilines is 1. The Morgan fingerprint density at radius 1 is 1.31 bits per heavy atom. The molecule has 86 valence electrons. The summed E-state index contributed by atoms with van der Waals surface area (Å²) in [6.45, 7) is 4.54. The first kappa shape index (κ1) is 10.2. The Bertz CT molecular complexity index is 400. The number of nitrogens with zero attached hydrogens (tertiary/aromatic N) is 1. The normalized spacial score (nSPS) is 28.1. The third kappa shape index (κ3) is 1.71. The van der Waals surface area contributed by atoms with E-state index in [1.165, 1.54) is 30.4 Å². The lowest BCUT2D eigenvalue weighted by Crippen LogP contribution is -2.20. The molecular weight excluding hydrogens is 196 g/mol. The SMILES string of the molecule is CCCC1CC1N1Cc2ccc(N)cc2C1.